The van der Waals surface area contributed by atoms with E-state index in [0.717, 1.165) is 36.9 Å². The van der Waals surface area contributed by atoms with Crippen LogP contribution in [0.15, 0.2) is 24.3 Å². The molecule has 2 rings (SSSR count). The lowest BCUT2D eigenvalue weighted by Crippen LogP contribution is -2.46. The van der Waals surface area contributed by atoms with Crippen LogP contribution in [0.2, 0.25) is 0 Å². The molecule has 2 N–H and O–H groups in total. The fraction of sp³-hybridized carbons (Fsp3) is 0.562. The number of rotatable bonds is 4. The summed E-state index contributed by atoms with van der Waals surface area (Å²) < 4.78 is 0. The normalized spacial score (nSPS) is 22.8. The van der Waals surface area contributed by atoms with Crippen molar-refractivity contribution in [2.75, 3.05) is 18.9 Å². The van der Waals surface area contributed by atoms with Crippen molar-refractivity contribution in [3.63, 3.8) is 0 Å². The largest absolute Gasteiger partial charge is 0.391 e. The summed E-state index contributed by atoms with van der Waals surface area (Å²) in [7, 11) is 1.91. The average Bonchev–Trinajstić information content (AvgIpc) is 2.41. The van der Waals surface area contributed by atoms with Gasteiger partial charge in [0, 0.05) is 11.7 Å². The number of aliphatic hydroxyl groups is 1. The Morgan fingerprint density at radius 2 is 2.05 bits per heavy atom. The Hall–Kier alpha value is -1.39. The van der Waals surface area contributed by atoms with Crippen LogP contribution in [0.1, 0.15) is 31.2 Å². The van der Waals surface area contributed by atoms with Crippen molar-refractivity contribution < 1.29 is 9.90 Å². The lowest BCUT2D eigenvalue weighted by atomic mass is 9.91. The molecule has 0 aromatic heterocycles. The maximum Gasteiger partial charge on any atom is 0.238 e. The molecule has 110 valence electrons. The molecular formula is C16H24N2O2. The van der Waals surface area contributed by atoms with E-state index in [1.165, 1.54) is 0 Å². The van der Waals surface area contributed by atoms with Gasteiger partial charge in [0.15, 0.2) is 0 Å². The van der Waals surface area contributed by atoms with Crippen LogP contribution in [0.4, 0.5) is 5.69 Å². The van der Waals surface area contributed by atoms with Gasteiger partial charge in [-0.05, 0) is 38.4 Å². The number of aliphatic hydroxyl groups excluding tert-OH is 1. The number of aryl methyl sites for hydroxylation is 1. The third kappa shape index (κ3) is 3.81. The molecular weight excluding hydrogens is 252 g/mol. The second-order valence-corrected chi connectivity index (χ2v) is 5.70. The Morgan fingerprint density at radius 3 is 2.75 bits per heavy atom. The zero-order valence-electron chi connectivity index (χ0n) is 12.3. The standard InChI is InChI=1S/C16H24N2O2/c1-12-7-3-4-8-13(12)17-16(20)11-18(2)14-9-5-6-10-15(14)19/h3-4,7-8,14-15,19H,5-6,9-11H2,1-2H3,(H,17,20). The molecule has 2 atom stereocenters. The highest BCUT2D eigenvalue weighted by Crippen LogP contribution is 2.22. The van der Waals surface area contributed by atoms with Crippen molar-refractivity contribution in [2.24, 2.45) is 0 Å². The van der Waals surface area contributed by atoms with Crippen molar-refractivity contribution >= 4 is 11.6 Å². The minimum Gasteiger partial charge on any atom is -0.391 e. The lowest BCUT2D eigenvalue weighted by molar-refractivity contribution is -0.118. The van der Waals surface area contributed by atoms with E-state index >= 15 is 0 Å². The van der Waals surface area contributed by atoms with Crippen LogP contribution in [-0.4, -0.2) is 41.7 Å². The van der Waals surface area contributed by atoms with Gasteiger partial charge in [-0.2, -0.15) is 0 Å². The van der Waals surface area contributed by atoms with Crippen LogP contribution in [0.25, 0.3) is 0 Å². The molecule has 20 heavy (non-hydrogen) atoms. The summed E-state index contributed by atoms with van der Waals surface area (Å²) in [6.07, 6.45) is 3.72. The number of para-hydroxylation sites is 1. The zero-order chi connectivity index (χ0) is 14.5. The molecule has 1 aromatic rings. The molecule has 0 saturated heterocycles. The maximum atomic E-state index is 12.1. The van der Waals surface area contributed by atoms with E-state index < -0.39 is 0 Å². The Labute approximate surface area is 120 Å². The molecule has 0 heterocycles. The van der Waals surface area contributed by atoms with E-state index in [0.29, 0.717) is 6.54 Å². The first-order valence-electron chi connectivity index (χ1n) is 7.31. The summed E-state index contributed by atoms with van der Waals surface area (Å²) in [6.45, 7) is 2.29. The second kappa shape index (κ2) is 6.86. The molecule has 4 nitrogen and oxygen atoms in total. The highest BCUT2D eigenvalue weighted by molar-refractivity contribution is 5.92. The summed E-state index contributed by atoms with van der Waals surface area (Å²) in [5, 5.41) is 12.9. The van der Waals surface area contributed by atoms with Crippen molar-refractivity contribution in [3.05, 3.63) is 29.8 Å². The summed E-state index contributed by atoms with van der Waals surface area (Å²) in [5.41, 5.74) is 1.91. The molecule has 1 saturated carbocycles. The highest BCUT2D eigenvalue weighted by atomic mass is 16.3. The third-order valence-electron chi connectivity index (χ3n) is 4.07. The molecule has 1 aliphatic carbocycles. The van der Waals surface area contributed by atoms with Crippen molar-refractivity contribution in [3.8, 4) is 0 Å². The number of amides is 1. The smallest absolute Gasteiger partial charge is 0.238 e. The van der Waals surface area contributed by atoms with Crippen LogP contribution in [0, 0.1) is 6.92 Å². The molecule has 0 spiro atoms. The molecule has 0 bridgehead atoms. The predicted molar refractivity (Wildman–Crippen MR) is 80.7 cm³/mol. The number of hydrogen-bond donors (Lipinski definition) is 2. The first kappa shape index (κ1) is 15.0. The number of benzene rings is 1. The van der Waals surface area contributed by atoms with E-state index in [-0.39, 0.29) is 18.1 Å². The summed E-state index contributed by atoms with van der Waals surface area (Å²) >= 11 is 0. The SMILES string of the molecule is Cc1ccccc1NC(=O)CN(C)C1CCCCC1O. The van der Waals surface area contributed by atoms with Gasteiger partial charge in [0.1, 0.15) is 0 Å². The second-order valence-electron chi connectivity index (χ2n) is 5.70. The van der Waals surface area contributed by atoms with Gasteiger partial charge in [0.05, 0.1) is 12.6 Å². The van der Waals surface area contributed by atoms with E-state index in [9.17, 15) is 9.90 Å². The maximum absolute atomic E-state index is 12.1. The first-order chi connectivity index (χ1) is 9.58. The summed E-state index contributed by atoms with van der Waals surface area (Å²) in [6, 6.07) is 7.85. The van der Waals surface area contributed by atoms with E-state index in [2.05, 4.69) is 5.32 Å². The summed E-state index contributed by atoms with van der Waals surface area (Å²) in [5.74, 6) is -0.0282. The van der Waals surface area contributed by atoms with Gasteiger partial charge in [-0.3, -0.25) is 9.69 Å². The number of likely N-dealkylation sites (N-methyl/N-ethyl adjacent to an activating group) is 1. The predicted octanol–water partition coefficient (Wildman–Crippen LogP) is 2.17. The quantitative estimate of drug-likeness (QED) is 0.886. The molecule has 4 heteroatoms. The van der Waals surface area contributed by atoms with Gasteiger partial charge in [-0.25, -0.2) is 0 Å². The van der Waals surface area contributed by atoms with E-state index in [1.807, 2.05) is 43.1 Å². The first-order valence-corrected chi connectivity index (χ1v) is 7.31. The van der Waals surface area contributed by atoms with Gasteiger partial charge >= 0.3 is 0 Å². The van der Waals surface area contributed by atoms with Gasteiger partial charge in [-0.15, -0.1) is 0 Å². The Bertz CT molecular complexity index is 462. The molecule has 2 unspecified atom stereocenters. The minimum atomic E-state index is -0.306. The number of nitrogens with zero attached hydrogens (tertiary/aromatic N) is 1. The lowest BCUT2D eigenvalue weighted by Gasteiger charge is -2.34. The number of hydrogen-bond acceptors (Lipinski definition) is 3. The number of nitrogens with one attached hydrogen (secondary N) is 1. The average molecular weight is 276 g/mol. The zero-order valence-corrected chi connectivity index (χ0v) is 12.3. The van der Waals surface area contributed by atoms with Crippen LogP contribution in [0.3, 0.4) is 0 Å². The van der Waals surface area contributed by atoms with Gasteiger partial charge in [0.2, 0.25) is 5.91 Å². The Kier molecular flexibility index (Phi) is 5.15. The molecule has 1 fully saturated rings. The topological polar surface area (TPSA) is 52.6 Å². The highest BCUT2D eigenvalue weighted by Gasteiger charge is 2.27. The van der Waals surface area contributed by atoms with Crippen molar-refractivity contribution in [1.82, 2.24) is 4.90 Å². The number of anilines is 1. The molecule has 0 radical (unpaired) electrons. The Morgan fingerprint density at radius 1 is 1.35 bits per heavy atom. The van der Waals surface area contributed by atoms with Crippen LogP contribution in [0.5, 0.6) is 0 Å². The van der Waals surface area contributed by atoms with Crippen LogP contribution in [-0.2, 0) is 4.79 Å². The van der Waals surface area contributed by atoms with Crippen LogP contribution >= 0.6 is 0 Å². The van der Waals surface area contributed by atoms with E-state index in [4.69, 9.17) is 0 Å². The fourth-order valence-corrected chi connectivity index (χ4v) is 2.85. The van der Waals surface area contributed by atoms with Crippen molar-refractivity contribution in [1.29, 1.82) is 0 Å². The van der Waals surface area contributed by atoms with Gasteiger partial charge in [-0.1, -0.05) is 31.0 Å². The minimum absolute atomic E-state index is 0.0282. The Balaban J connectivity index is 1.89. The van der Waals surface area contributed by atoms with Crippen molar-refractivity contribution in [2.45, 2.75) is 44.8 Å². The van der Waals surface area contributed by atoms with Gasteiger partial charge in [0.25, 0.3) is 0 Å². The molecule has 1 amide bonds. The third-order valence-corrected chi connectivity index (χ3v) is 4.07. The molecule has 1 aliphatic rings. The number of carbonyl (C=O) groups is 1. The van der Waals surface area contributed by atoms with Gasteiger partial charge < -0.3 is 10.4 Å². The molecule has 1 aromatic carbocycles. The molecule has 0 aliphatic heterocycles. The summed E-state index contributed by atoms with van der Waals surface area (Å²) in [4.78, 5) is 14.1. The van der Waals surface area contributed by atoms with Crippen LogP contribution < -0.4 is 5.32 Å². The van der Waals surface area contributed by atoms with E-state index in [1.54, 1.807) is 0 Å². The fourth-order valence-electron chi connectivity index (χ4n) is 2.85. The number of carbonyl (C=O) groups excluding carboxylic acids is 1. The monoisotopic (exact) mass is 276 g/mol.